The van der Waals surface area contributed by atoms with Gasteiger partial charge in [-0.1, -0.05) is 31.1 Å². The van der Waals surface area contributed by atoms with Crippen molar-refractivity contribution in [1.82, 2.24) is 0 Å². The summed E-state index contributed by atoms with van der Waals surface area (Å²) in [5.41, 5.74) is 1.30. The van der Waals surface area contributed by atoms with Crippen molar-refractivity contribution in [1.29, 1.82) is 0 Å². The van der Waals surface area contributed by atoms with Crippen molar-refractivity contribution in [3.05, 3.63) is 42.5 Å². The van der Waals surface area contributed by atoms with Crippen molar-refractivity contribution >= 4 is 0 Å². The van der Waals surface area contributed by atoms with Gasteiger partial charge < -0.3 is 4.74 Å². The zero-order valence-electron chi connectivity index (χ0n) is 18.3. The zero-order valence-corrected chi connectivity index (χ0v) is 18.3. The Labute approximate surface area is 181 Å². The van der Waals surface area contributed by atoms with Gasteiger partial charge in [0, 0.05) is 0 Å². The SMILES string of the molecule is C=CCCC1CCC(C2CCC3CC(c4ccc(OC(F)F)cc4)CCC3C2)CC1. The van der Waals surface area contributed by atoms with Crippen LogP contribution in [0.5, 0.6) is 5.75 Å². The highest BCUT2D eigenvalue weighted by atomic mass is 19.3. The molecular formula is C27H38F2O. The van der Waals surface area contributed by atoms with Crippen LogP contribution in [0.3, 0.4) is 0 Å². The maximum atomic E-state index is 12.4. The van der Waals surface area contributed by atoms with E-state index >= 15 is 0 Å². The van der Waals surface area contributed by atoms with Crippen molar-refractivity contribution in [2.24, 2.45) is 29.6 Å². The van der Waals surface area contributed by atoms with Gasteiger partial charge in [0.1, 0.15) is 5.75 Å². The molecule has 0 heterocycles. The fourth-order valence-electron chi connectivity index (χ4n) is 6.88. The zero-order chi connectivity index (χ0) is 20.9. The van der Waals surface area contributed by atoms with Crippen LogP contribution < -0.4 is 4.74 Å². The monoisotopic (exact) mass is 416 g/mol. The minimum atomic E-state index is -2.75. The van der Waals surface area contributed by atoms with E-state index in [9.17, 15) is 8.78 Å². The second-order valence-electron chi connectivity index (χ2n) is 10.2. The van der Waals surface area contributed by atoms with Crippen molar-refractivity contribution < 1.29 is 13.5 Å². The van der Waals surface area contributed by atoms with Crippen LogP contribution in [0.4, 0.5) is 8.78 Å². The van der Waals surface area contributed by atoms with Gasteiger partial charge in [-0.05, 0) is 117 Å². The van der Waals surface area contributed by atoms with E-state index in [1.54, 1.807) is 12.1 Å². The molecule has 0 bridgehead atoms. The van der Waals surface area contributed by atoms with Gasteiger partial charge in [0.25, 0.3) is 0 Å². The van der Waals surface area contributed by atoms with Crippen LogP contribution in [-0.2, 0) is 0 Å². The van der Waals surface area contributed by atoms with Gasteiger partial charge in [0.15, 0.2) is 0 Å². The maximum Gasteiger partial charge on any atom is 0.387 e. The van der Waals surface area contributed by atoms with Crippen LogP contribution in [-0.4, -0.2) is 6.61 Å². The van der Waals surface area contributed by atoms with Crippen LogP contribution in [0.1, 0.15) is 88.5 Å². The number of halogens is 2. The lowest BCUT2D eigenvalue weighted by molar-refractivity contribution is -0.0498. The van der Waals surface area contributed by atoms with Crippen molar-refractivity contribution in [3.63, 3.8) is 0 Å². The molecule has 1 aromatic carbocycles. The summed E-state index contributed by atoms with van der Waals surface area (Å²) in [6, 6.07) is 7.41. The Bertz CT molecular complexity index is 662. The van der Waals surface area contributed by atoms with Crippen molar-refractivity contribution in [2.75, 3.05) is 0 Å². The maximum absolute atomic E-state index is 12.4. The van der Waals surface area contributed by atoms with E-state index < -0.39 is 6.61 Å². The molecule has 4 unspecified atom stereocenters. The van der Waals surface area contributed by atoms with Crippen LogP contribution >= 0.6 is 0 Å². The van der Waals surface area contributed by atoms with E-state index in [0.29, 0.717) is 5.92 Å². The molecule has 0 aromatic heterocycles. The third kappa shape index (κ3) is 5.45. The van der Waals surface area contributed by atoms with Crippen LogP contribution in [0.25, 0.3) is 0 Å². The molecule has 3 aliphatic rings. The summed E-state index contributed by atoms with van der Waals surface area (Å²) in [6.45, 7) is 1.13. The molecule has 30 heavy (non-hydrogen) atoms. The second-order valence-corrected chi connectivity index (χ2v) is 10.2. The summed E-state index contributed by atoms with van der Waals surface area (Å²) in [5, 5.41) is 0. The Hall–Kier alpha value is -1.38. The third-order valence-corrected chi connectivity index (χ3v) is 8.57. The van der Waals surface area contributed by atoms with Crippen LogP contribution in [0, 0.1) is 29.6 Å². The highest BCUT2D eigenvalue weighted by Gasteiger charge is 2.39. The molecule has 0 aliphatic heterocycles. The molecule has 4 atom stereocenters. The summed E-state index contributed by atoms with van der Waals surface area (Å²) in [7, 11) is 0. The predicted octanol–water partition coefficient (Wildman–Crippen LogP) is 8.36. The van der Waals surface area contributed by atoms with Gasteiger partial charge in [0.2, 0.25) is 0 Å². The number of ether oxygens (including phenoxy) is 1. The molecule has 3 fully saturated rings. The molecule has 1 aromatic rings. The van der Waals surface area contributed by atoms with E-state index in [4.69, 9.17) is 0 Å². The van der Waals surface area contributed by atoms with Gasteiger partial charge >= 0.3 is 6.61 Å². The topological polar surface area (TPSA) is 9.23 Å². The Kier molecular flexibility index (Phi) is 7.49. The Morgan fingerprint density at radius 3 is 2.10 bits per heavy atom. The first-order chi connectivity index (χ1) is 14.6. The molecule has 3 heteroatoms. The average molecular weight is 417 g/mol. The number of alkyl halides is 2. The summed E-state index contributed by atoms with van der Waals surface area (Å²) in [6.07, 6.45) is 18.6. The van der Waals surface area contributed by atoms with E-state index in [0.717, 1.165) is 29.6 Å². The number of rotatable bonds is 7. The Balaban J connectivity index is 1.25. The number of fused-ring (bicyclic) bond motifs is 1. The van der Waals surface area contributed by atoms with Crippen LogP contribution in [0.15, 0.2) is 36.9 Å². The normalized spacial score (nSPS) is 34.4. The van der Waals surface area contributed by atoms with Crippen molar-refractivity contribution in [2.45, 2.75) is 89.6 Å². The predicted molar refractivity (Wildman–Crippen MR) is 119 cm³/mol. The quantitative estimate of drug-likeness (QED) is 0.406. The highest BCUT2D eigenvalue weighted by molar-refractivity contribution is 5.30. The molecule has 3 saturated carbocycles. The van der Waals surface area contributed by atoms with Gasteiger partial charge in [-0.3, -0.25) is 0 Å². The number of benzene rings is 1. The van der Waals surface area contributed by atoms with Gasteiger partial charge in [-0.2, -0.15) is 8.78 Å². The van der Waals surface area contributed by atoms with Crippen LogP contribution in [0.2, 0.25) is 0 Å². The Morgan fingerprint density at radius 1 is 0.833 bits per heavy atom. The molecule has 0 saturated heterocycles. The fourth-order valence-corrected chi connectivity index (χ4v) is 6.88. The molecule has 1 nitrogen and oxygen atoms in total. The molecule has 3 aliphatic carbocycles. The number of hydrogen-bond acceptors (Lipinski definition) is 1. The lowest BCUT2D eigenvalue weighted by Crippen LogP contribution is -2.34. The first-order valence-corrected chi connectivity index (χ1v) is 12.3. The van der Waals surface area contributed by atoms with Crippen molar-refractivity contribution in [3.8, 4) is 5.75 Å². The first-order valence-electron chi connectivity index (χ1n) is 12.3. The number of allylic oxidation sites excluding steroid dienone is 1. The molecule has 0 radical (unpaired) electrons. The van der Waals surface area contributed by atoms with Gasteiger partial charge in [0.05, 0.1) is 0 Å². The number of hydrogen-bond donors (Lipinski definition) is 0. The minimum absolute atomic E-state index is 0.266. The summed E-state index contributed by atoms with van der Waals surface area (Å²) in [5.74, 6) is 5.52. The minimum Gasteiger partial charge on any atom is -0.435 e. The smallest absolute Gasteiger partial charge is 0.387 e. The summed E-state index contributed by atoms with van der Waals surface area (Å²) >= 11 is 0. The van der Waals surface area contributed by atoms with E-state index in [1.165, 1.54) is 82.6 Å². The van der Waals surface area contributed by atoms with E-state index in [2.05, 4.69) is 17.4 Å². The lowest BCUT2D eigenvalue weighted by Gasteiger charge is -2.45. The van der Waals surface area contributed by atoms with E-state index in [-0.39, 0.29) is 5.75 Å². The molecule has 4 rings (SSSR count). The lowest BCUT2D eigenvalue weighted by atomic mass is 9.60. The molecule has 166 valence electrons. The van der Waals surface area contributed by atoms with Gasteiger partial charge in [-0.15, -0.1) is 6.58 Å². The fraction of sp³-hybridized carbons (Fsp3) is 0.704. The average Bonchev–Trinajstić information content (AvgIpc) is 2.77. The highest BCUT2D eigenvalue weighted by Crippen LogP contribution is 2.51. The molecular weight excluding hydrogens is 378 g/mol. The van der Waals surface area contributed by atoms with Gasteiger partial charge in [-0.25, -0.2) is 0 Å². The summed E-state index contributed by atoms with van der Waals surface area (Å²) < 4.78 is 29.2. The molecule has 0 amide bonds. The molecule has 0 spiro atoms. The summed E-state index contributed by atoms with van der Waals surface area (Å²) in [4.78, 5) is 0. The third-order valence-electron chi connectivity index (χ3n) is 8.57. The largest absolute Gasteiger partial charge is 0.435 e. The Morgan fingerprint density at radius 2 is 1.43 bits per heavy atom. The first kappa shape index (κ1) is 21.8. The standard InChI is InChI=1S/C27H38F2O/c1-2-3-4-19-5-7-20(8-6-19)22-9-11-25-18-23(10-12-24(25)17-22)21-13-15-26(16-14-21)30-27(28)29/h2,13-16,19-20,22-25,27H,1,3-12,17-18H2. The van der Waals surface area contributed by atoms with E-state index in [1.807, 2.05) is 12.1 Å². The molecule has 0 N–H and O–H groups in total. The second kappa shape index (κ2) is 10.3.